The predicted molar refractivity (Wildman–Crippen MR) is 129 cm³/mol. The Hall–Kier alpha value is -2.57. The van der Waals surface area contributed by atoms with Crippen LogP contribution in [0.3, 0.4) is 0 Å². The van der Waals surface area contributed by atoms with Crippen LogP contribution in [-0.4, -0.2) is 63.9 Å². The van der Waals surface area contributed by atoms with E-state index in [2.05, 4.69) is 39.4 Å². The normalized spacial score (nSPS) is 17.8. The highest BCUT2D eigenvalue weighted by molar-refractivity contribution is 5.92. The van der Waals surface area contributed by atoms with Gasteiger partial charge in [-0.3, -0.25) is 9.69 Å². The lowest BCUT2D eigenvalue weighted by Crippen LogP contribution is -2.39. The largest absolute Gasteiger partial charge is 0.497 e. The van der Waals surface area contributed by atoms with Crippen molar-refractivity contribution in [2.75, 3.05) is 63.3 Å². The summed E-state index contributed by atoms with van der Waals surface area (Å²) in [6.45, 7) is 5.85. The molecule has 32 heavy (non-hydrogen) atoms. The molecule has 0 unspecified atom stereocenters. The summed E-state index contributed by atoms with van der Waals surface area (Å²) < 4.78 is 10.6. The van der Waals surface area contributed by atoms with Gasteiger partial charge in [-0.05, 0) is 86.7 Å². The molecule has 2 saturated heterocycles. The summed E-state index contributed by atoms with van der Waals surface area (Å²) in [5.41, 5.74) is 3.41. The minimum absolute atomic E-state index is 0.0702. The minimum atomic E-state index is 0.0702. The Kier molecular flexibility index (Phi) is 8.02. The van der Waals surface area contributed by atoms with Crippen molar-refractivity contribution in [3.8, 4) is 5.75 Å². The standard InChI is InChI=1S/C26H35N3O3/c1-31-25-10-4-21(5-11-25)2-3-22-12-14-28(15-13-22)20-26(30)27-23-6-8-24(9-7-23)29-16-18-32-19-17-29/h4-11,22H,2-3,12-20H2,1H3,(H,27,30). The average Bonchev–Trinajstić information content (AvgIpc) is 2.85. The maximum Gasteiger partial charge on any atom is 0.238 e. The smallest absolute Gasteiger partial charge is 0.238 e. The van der Waals surface area contributed by atoms with Crippen LogP contribution in [0, 0.1) is 5.92 Å². The maximum absolute atomic E-state index is 12.5. The van der Waals surface area contributed by atoms with Gasteiger partial charge in [-0.15, -0.1) is 0 Å². The SMILES string of the molecule is COc1ccc(CCC2CCN(CC(=O)Nc3ccc(N4CCOCC4)cc3)CC2)cc1. The number of benzene rings is 2. The van der Waals surface area contributed by atoms with E-state index < -0.39 is 0 Å². The summed E-state index contributed by atoms with van der Waals surface area (Å²) >= 11 is 0. The highest BCUT2D eigenvalue weighted by Gasteiger charge is 2.21. The summed E-state index contributed by atoms with van der Waals surface area (Å²) in [4.78, 5) is 17.1. The van der Waals surface area contributed by atoms with E-state index >= 15 is 0 Å². The quantitative estimate of drug-likeness (QED) is 0.681. The number of amides is 1. The third-order valence-electron chi connectivity index (χ3n) is 6.60. The first-order valence-corrected chi connectivity index (χ1v) is 11.8. The number of methoxy groups -OCH3 is 1. The molecule has 1 N–H and O–H groups in total. The van der Waals surface area contributed by atoms with Gasteiger partial charge in [-0.1, -0.05) is 12.1 Å². The van der Waals surface area contributed by atoms with Gasteiger partial charge in [-0.2, -0.15) is 0 Å². The van der Waals surface area contributed by atoms with Crippen LogP contribution in [0.1, 0.15) is 24.8 Å². The number of hydrogen-bond acceptors (Lipinski definition) is 5. The molecule has 2 aliphatic heterocycles. The number of aryl methyl sites for hydroxylation is 1. The van der Waals surface area contributed by atoms with E-state index in [1.807, 2.05) is 24.3 Å². The third kappa shape index (κ3) is 6.47. The number of piperidine rings is 1. The minimum Gasteiger partial charge on any atom is -0.497 e. The molecule has 2 heterocycles. The molecule has 2 aromatic rings. The zero-order valence-corrected chi connectivity index (χ0v) is 19.1. The van der Waals surface area contributed by atoms with Crippen molar-refractivity contribution in [3.63, 3.8) is 0 Å². The topological polar surface area (TPSA) is 54.0 Å². The van der Waals surface area contributed by atoms with E-state index in [1.54, 1.807) is 7.11 Å². The number of nitrogens with one attached hydrogen (secondary N) is 1. The fraction of sp³-hybridized carbons (Fsp3) is 0.500. The number of anilines is 2. The van der Waals surface area contributed by atoms with Gasteiger partial charge in [0.05, 0.1) is 26.9 Å². The second-order valence-corrected chi connectivity index (χ2v) is 8.80. The van der Waals surface area contributed by atoms with Crippen molar-refractivity contribution in [2.45, 2.75) is 25.7 Å². The van der Waals surface area contributed by atoms with Crippen LogP contribution in [0.4, 0.5) is 11.4 Å². The van der Waals surface area contributed by atoms with Gasteiger partial charge in [0, 0.05) is 24.5 Å². The fourth-order valence-electron chi connectivity index (χ4n) is 4.58. The second-order valence-electron chi connectivity index (χ2n) is 8.80. The average molecular weight is 438 g/mol. The van der Waals surface area contributed by atoms with Crippen LogP contribution >= 0.6 is 0 Å². The van der Waals surface area contributed by atoms with Gasteiger partial charge in [0.2, 0.25) is 5.91 Å². The van der Waals surface area contributed by atoms with Crippen LogP contribution in [0.15, 0.2) is 48.5 Å². The first-order chi connectivity index (χ1) is 15.7. The molecule has 0 bridgehead atoms. The Bertz CT molecular complexity index is 840. The van der Waals surface area contributed by atoms with Gasteiger partial charge in [0.1, 0.15) is 5.75 Å². The third-order valence-corrected chi connectivity index (χ3v) is 6.60. The molecule has 0 atom stereocenters. The number of morpholine rings is 1. The van der Waals surface area contributed by atoms with Gasteiger partial charge in [0.15, 0.2) is 0 Å². The molecule has 2 aromatic carbocycles. The molecule has 0 spiro atoms. The molecule has 0 radical (unpaired) electrons. The predicted octanol–water partition coefficient (Wildman–Crippen LogP) is 3.82. The van der Waals surface area contributed by atoms with E-state index in [0.717, 1.165) is 76.0 Å². The first-order valence-electron chi connectivity index (χ1n) is 11.8. The Morgan fingerprint density at radius 1 is 1.00 bits per heavy atom. The van der Waals surface area contributed by atoms with Crippen LogP contribution in [0.5, 0.6) is 5.75 Å². The molecule has 2 aliphatic rings. The molecule has 0 saturated carbocycles. The van der Waals surface area contributed by atoms with Gasteiger partial charge in [0.25, 0.3) is 0 Å². The fourth-order valence-corrected chi connectivity index (χ4v) is 4.58. The Labute approximate surface area is 191 Å². The van der Waals surface area contributed by atoms with Crippen LogP contribution in [0.2, 0.25) is 0 Å². The first kappa shape index (κ1) is 22.6. The van der Waals surface area contributed by atoms with E-state index in [1.165, 1.54) is 17.7 Å². The van der Waals surface area contributed by atoms with Crippen LogP contribution < -0.4 is 15.0 Å². The van der Waals surface area contributed by atoms with Crippen molar-refractivity contribution < 1.29 is 14.3 Å². The zero-order chi connectivity index (χ0) is 22.2. The molecule has 1 amide bonds. The summed E-state index contributed by atoms with van der Waals surface area (Å²) in [5, 5.41) is 3.05. The molecular weight excluding hydrogens is 402 g/mol. The van der Waals surface area contributed by atoms with Gasteiger partial charge < -0.3 is 19.7 Å². The van der Waals surface area contributed by atoms with E-state index in [-0.39, 0.29) is 5.91 Å². The second kappa shape index (κ2) is 11.3. The number of carbonyl (C=O) groups excluding carboxylic acids is 1. The maximum atomic E-state index is 12.5. The van der Waals surface area contributed by atoms with Crippen molar-refractivity contribution in [1.82, 2.24) is 4.90 Å². The van der Waals surface area contributed by atoms with Crippen LogP contribution in [-0.2, 0) is 16.0 Å². The number of nitrogens with zero attached hydrogens (tertiary/aromatic N) is 2. The molecule has 6 nitrogen and oxygen atoms in total. The lowest BCUT2D eigenvalue weighted by atomic mass is 9.90. The lowest BCUT2D eigenvalue weighted by molar-refractivity contribution is -0.117. The van der Waals surface area contributed by atoms with Crippen molar-refractivity contribution in [2.24, 2.45) is 5.92 Å². The van der Waals surface area contributed by atoms with Crippen molar-refractivity contribution >= 4 is 17.3 Å². The Morgan fingerprint density at radius 2 is 1.69 bits per heavy atom. The number of ether oxygens (including phenoxy) is 2. The van der Waals surface area contributed by atoms with Crippen LogP contribution in [0.25, 0.3) is 0 Å². The summed E-state index contributed by atoms with van der Waals surface area (Å²) in [7, 11) is 1.70. The van der Waals surface area contributed by atoms with E-state index in [9.17, 15) is 4.79 Å². The van der Waals surface area contributed by atoms with E-state index in [0.29, 0.717) is 6.54 Å². The molecule has 4 rings (SSSR count). The lowest BCUT2D eigenvalue weighted by Gasteiger charge is -2.31. The Balaban J connectivity index is 1.15. The van der Waals surface area contributed by atoms with Crippen molar-refractivity contribution in [3.05, 3.63) is 54.1 Å². The highest BCUT2D eigenvalue weighted by Crippen LogP contribution is 2.23. The van der Waals surface area contributed by atoms with Crippen molar-refractivity contribution in [1.29, 1.82) is 0 Å². The molecule has 2 fully saturated rings. The monoisotopic (exact) mass is 437 g/mol. The van der Waals surface area contributed by atoms with Gasteiger partial charge >= 0.3 is 0 Å². The molecular formula is C26H35N3O3. The summed E-state index contributed by atoms with van der Waals surface area (Å²) in [6.07, 6.45) is 4.65. The molecule has 6 heteroatoms. The summed E-state index contributed by atoms with van der Waals surface area (Å²) in [6, 6.07) is 16.5. The Morgan fingerprint density at radius 3 is 2.34 bits per heavy atom. The molecule has 0 aromatic heterocycles. The van der Waals surface area contributed by atoms with Gasteiger partial charge in [-0.25, -0.2) is 0 Å². The molecule has 0 aliphatic carbocycles. The highest BCUT2D eigenvalue weighted by atomic mass is 16.5. The number of hydrogen-bond donors (Lipinski definition) is 1. The van der Waals surface area contributed by atoms with E-state index in [4.69, 9.17) is 9.47 Å². The zero-order valence-electron chi connectivity index (χ0n) is 19.1. The summed E-state index contributed by atoms with van der Waals surface area (Å²) in [5.74, 6) is 1.72. The number of likely N-dealkylation sites (tertiary alicyclic amines) is 1. The number of carbonyl (C=O) groups is 1. The molecule has 172 valence electrons. The number of rotatable bonds is 8.